The quantitative estimate of drug-likeness (QED) is 0.571. The highest BCUT2D eigenvalue weighted by atomic mass is 32.2. The Hall–Kier alpha value is -1.55. The first kappa shape index (κ1) is 15.8. The van der Waals surface area contributed by atoms with Crippen molar-refractivity contribution in [2.45, 2.75) is 39.2 Å². The fourth-order valence-electron chi connectivity index (χ4n) is 1.98. The average Bonchev–Trinajstić information content (AvgIpc) is 2.79. The smallest absolute Gasteiger partial charge is 0.244 e. The standard InChI is InChI=1S/C17H22N2OS/c1-5-6-7-10-18-16-14(4)19-17(21-16)20-15-11-12(2)8-9-13(15)3/h5,8-9,11,17H,1,6-7,10H2,2-4H3. The van der Waals surface area contributed by atoms with Gasteiger partial charge in [-0.15, -0.1) is 6.58 Å². The third-order valence-corrected chi connectivity index (χ3v) is 4.27. The molecular formula is C17H22N2OS. The van der Waals surface area contributed by atoms with Crippen LogP contribution in [0.15, 0.2) is 40.8 Å². The molecule has 0 spiro atoms. The predicted molar refractivity (Wildman–Crippen MR) is 92.8 cm³/mol. The normalized spacial score (nSPS) is 19.7. The SMILES string of the molecule is C=CCCCN=C1SC(Oc2cc(C)ccc2C)N=C1C. The lowest BCUT2D eigenvalue weighted by Gasteiger charge is -2.12. The average molecular weight is 302 g/mol. The summed E-state index contributed by atoms with van der Waals surface area (Å²) in [5, 5.41) is 0.995. The third kappa shape index (κ3) is 4.46. The fourth-order valence-corrected chi connectivity index (χ4v) is 2.92. The minimum Gasteiger partial charge on any atom is -0.459 e. The molecule has 4 heteroatoms. The molecule has 0 radical (unpaired) electrons. The van der Waals surface area contributed by atoms with E-state index >= 15 is 0 Å². The molecule has 21 heavy (non-hydrogen) atoms. The van der Waals surface area contributed by atoms with Crippen molar-refractivity contribution >= 4 is 22.5 Å². The molecule has 0 N–H and O–H groups in total. The van der Waals surface area contributed by atoms with E-state index in [1.54, 1.807) is 11.8 Å². The van der Waals surface area contributed by atoms with Gasteiger partial charge in [-0.1, -0.05) is 18.2 Å². The number of allylic oxidation sites excluding steroid dienone is 1. The highest BCUT2D eigenvalue weighted by molar-refractivity contribution is 8.16. The Bertz CT molecular complexity index is 578. The lowest BCUT2D eigenvalue weighted by Crippen LogP contribution is -2.07. The number of ether oxygens (including phenoxy) is 1. The van der Waals surface area contributed by atoms with E-state index in [2.05, 4.69) is 48.6 Å². The maximum Gasteiger partial charge on any atom is 0.244 e. The number of hydrogen-bond acceptors (Lipinski definition) is 4. The first-order chi connectivity index (χ1) is 10.1. The summed E-state index contributed by atoms with van der Waals surface area (Å²) in [6.45, 7) is 10.6. The molecule has 3 nitrogen and oxygen atoms in total. The minimum absolute atomic E-state index is 0.219. The van der Waals surface area contributed by atoms with Crippen molar-refractivity contribution in [3.05, 3.63) is 42.0 Å². The summed E-state index contributed by atoms with van der Waals surface area (Å²) < 4.78 is 5.99. The van der Waals surface area contributed by atoms with Crippen molar-refractivity contribution in [2.24, 2.45) is 9.98 Å². The van der Waals surface area contributed by atoms with E-state index in [1.807, 2.05) is 13.0 Å². The van der Waals surface area contributed by atoms with Crippen LogP contribution in [0.2, 0.25) is 0 Å². The summed E-state index contributed by atoms with van der Waals surface area (Å²) in [5.74, 6) is 0.900. The molecular weight excluding hydrogens is 280 g/mol. The molecule has 0 saturated carbocycles. The van der Waals surface area contributed by atoms with Crippen LogP contribution in [0.4, 0.5) is 0 Å². The van der Waals surface area contributed by atoms with Crippen molar-refractivity contribution in [3.8, 4) is 5.75 Å². The van der Waals surface area contributed by atoms with Gasteiger partial charge in [0.05, 0.1) is 5.71 Å². The maximum absolute atomic E-state index is 5.99. The number of rotatable bonds is 6. The molecule has 1 atom stereocenters. The molecule has 1 aliphatic rings. The van der Waals surface area contributed by atoms with Gasteiger partial charge in [0.25, 0.3) is 0 Å². The molecule has 0 bridgehead atoms. The topological polar surface area (TPSA) is 34.0 Å². The molecule has 0 aliphatic carbocycles. The second-order valence-corrected chi connectivity index (χ2v) is 6.17. The van der Waals surface area contributed by atoms with Gasteiger partial charge in [0.15, 0.2) is 0 Å². The lowest BCUT2D eigenvalue weighted by molar-refractivity contribution is 0.299. The molecule has 1 aliphatic heterocycles. The predicted octanol–water partition coefficient (Wildman–Crippen LogP) is 4.54. The lowest BCUT2D eigenvalue weighted by atomic mass is 10.1. The summed E-state index contributed by atoms with van der Waals surface area (Å²) in [4.78, 5) is 9.14. The van der Waals surface area contributed by atoms with Crippen LogP contribution in [-0.2, 0) is 0 Å². The number of nitrogens with zero attached hydrogens (tertiary/aromatic N) is 2. The van der Waals surface area contributed by atoms with Gasteiger partial charge in [-0.2, -0.15) is 0 Å². The van der Waals surface area contributed by atoms with Crippen molar-refractivity contribution in [2.75, 3.05) is 6.54 Å². The second kappa shape index (κ2) is 7.46. The monoisotopic (exact) mass is 302 g/mol. The maximum atomic E-state index is 5.99. The Balaban J connectivity index is 1.98. The summed E-state index contributed by atoms with van der Waals surface area (Å²) in [7, 11) is 0. The Labute approximate surface area is 131 Å². The molecule has 0 fully saturated rings. The molecule has 0 saturated heterocycles. The van der Waals surface area contributed by atoms with E-state index in [9.17, 15) is 0 Å². The zero-order valence-corrected chi connectivity index (χ0v) is 13.7. The second-order valence-electron chi connectivity index (χ2n) is 5.14. The molecule has 1 aromatic carbocycles. The Morgan fingerprint density at radius 1 is 1.38 bits per heavy atom. The van der Waals surface area contributed by atoms with Gasteiger partial charge in [-0.05, 0) is 62.6 Å². The molecule has 1 unspecified atom stereocenters. The van der Waals surface area contributed by atoms with Gasteiger partial charge in [0, 0.05) is 6.54 Å². The number of aliphatic imine (C=N–C) groups is 2. The van der Waals surface area contributed by atoms with Crippen LogP contribution in [-0.4, -0.2) is 22.9 Å². The van der Waals surface area contributed by atoms with Crippen LogP contribution in [0.3, 0.4) is 0 Å². The van der Waals surface area contributed by atoms with E-state index in [4.69, 9.17) is 4.74 Å². The van der Waals surface area contributed by atoms with Crippen molar-refractivity contribution in [1.82, 2.24) is 0 Å². The summed E-state index contributed by atoms with van der Waals surface area (Å²) in [6.07, 6.45) is 3.96. The Morgan fingerprint density at radius 2 is 2.19 bits per heavy atom. The van der Waals surface area contributed by atoms with Crippen LogP contribution < -0.4 is 4.74 Å². The number of thioether (sulfide) groups is 1. The van der Waals surface area contributed by atoms with Gasteiger partial charge in [-0.25, -0.2) is 4.99 Å². The highest BCUT2D eigenvalue weighted by Crippen LogP contribution is 2.29. The summed E-state index contributed by atoms with van der Waals surface area (Å²) in [5.41, 5.74) is 3.07. The number of unbranched alkanes of at least 4 members (excludes halogenated alkanes) is 1. The number of aryl methyl sites for hydroxylation is 2. The van der Waals surface area contributed by atoms with E-state index in [0.717, 1.165) is 41.5 Å². The molecule has 112 valence electrons. The van der Waals surface area contributed by atoms with Gasteiger partial charge < -0.3 is 4.74 Å². The van der Waals surface area contributed by atoms with Gasteiger partial charge in [0.2, 0.25) is 5.56 Å². The van der Waals surface area contributed by atoms with Crippen molar-refractivity contribution < 1.29 is 4.74 Å². The van der Waals surface area contributed by atoms with E-state index in [0.29, 0.717) is 0 Å². The largest absolute Gasteiger partial charge is 0.459 e. The minimum atomic E-state index is -0.219. The number of benzene rings is 1. The molecule has 1 heterocycles. The fraction of sp³-hybridized carbons (Fsp3) is 0.412. The Morgan fingerprint density at radius 3 is 2.95 bits per heavy atom. The van der Waals surface area contributed by atoms with Gasteiger partial charge >= 0.3 is 0 Å². The van der Waals surface area contributed by atoms with Crippen LogP contribution in [0.5, 0.6) is 5.75 Å². The first-order valence-corrected chi connectivity index (χ1v) is 8.09. The van der Waals surface area contributed by atoms with Crippen LogP contribution in [0.1, 0.15) is 30.9 Å². The third-order valence-electron chi connectivity index (χ3n) is 3.21. The summed E-state index contributed by atoms with van der Waals surface area (Å²) in [6, 6.07) is 6.22. The molecule has 2 rings (SSSR count). The zero-order chi connectivity index (χ0) is 15.2. The molecule has 1 aromatic rings. The van der Waals surface area contributed by atoms with Crippen LogP contribution >= 0.6 is 11.8 Å². The van der Waals surface area contributed by atoms with Crippen molar-refractivity contribution in [1.29, 1.82) is 0 Å². The van der Waals surface area contributed by atoms with E-state index < -0.39 is 0 Å². The Kier molecular flexibility index (Phi) is 5.62. The van der Waals surface area contributed by atoms with Crippen LogP contribution in [0.25, 0.3) is 0 Å². The van der Waals surface area contributed by atoms with E-state index in [-0.39, 0.29) is 5.56 Å². The number of hydrogen-bond donors (Lipinski definition) is 0. The van der Waals surface area contributed by atoms with Gasteiger partial charge in [-0.3, -0.25) is 4.99 Å². The highest BCUT2D eigenvalue weighted by Gasteiger charge is 2.23. The zero-order valence-electron chi connectivity index (χ0n) is 12.9. The molecule has 0 amide bonds. The van der Waals surface area contributed by atoms with Crippen molar-refractivity contribution in [3.63, 3.8) is 0 Å². The molecule has 0 aromatic heterocycles. The summed E-state index contributed by atoms with van der Waals surface area (Å²) >= 11 is 1.58. The van der Waals surface area contributed by atoms with E-state index in [1.165, 1.54) is 5.56 Å². The first-order valence-electron chi connectivity index (χ1n) is 7.21. The van der Waals surface area contributed by atoms with Crippen LogP contribution in [0, 0.1) is 13.8 Å². The van der Waals surface area contributed by atoms with Gasteiger partial charge in [0.1, 0.15) is 10.8 Å².